The van der Waals surface area contributed by atoms with Gasteiger partial charge in [-0.05, 0) is 35.6 Å². The number of hydrogen-bond acceptors (Lipinski definition) is 3. The number of allylic oxidation sites excluding steroid dienone is 2. The highest BCUT2D eigenvalue weighted by atomic mass is 16.5. The predicted molar refractivity (Wildman–Crippen MR) is 87.7 cm³/mol. The van der Waals surface area contributed by atoms with Gasteiger partial charge >= 0.3 is 0 Å². The van der Waals surface area contributed by atoms with Crippen LogP contribution >= 0.6 is 0 Å². The van der Waals surface area contributed by atoms with Crippen molar-refractivity contribution >= 4 is 18.3 Å². The fourth-order valence-corrected chi connectivity index (χ4v) is 1.96. The lowest BCUT2D eigenvalue weighted by atomic mass is 10.2. The number of rotatable bonds is 4. The summed E-state index contributed by atoms with van der Waals surface area (Å²) in [7, 11) is 1.60. The summed E-state index contributed by atoms with van der Waals surface area (Å²) < 4.78 is 5.26. The average molecular weight is 281 g/mol. The van der Waals surface area contributed by atoms with E-state index in [1.807, 2.05) is 43.3 Å². The van der Waals surface area contributed by atoms with Crippen molar-refractivity contribution < 1.29 is 9.84 Å². The molecule has 0 amide bonds. The lowest BCUT2D eigenvalue weighted by Gasteiger charge is -2.11. The molecular formula is C18H19NO2. The van der Waals surface area contributed by atoms with E-state index in [-0.39, 0.29) is 5.75 Å². The quantitative estimate of drug-likeness (QED) is 0.905. The monoisotopic (exact) mass is 281 g/mol. The van der Waals surface area contributed by atoms with E-state index < -0.39 is 0 Å². The van der Waals surface area contributed by atoms with E-state index in [1.165, 1.54) is 0 Å². The molecule has 2 N–H and O–H groups in total. The van der Waals surface area contributed by atoms with Gasteiger partial charge in [-0.2, -0.15) is 0 Å². The summed E-state index contributed by atoms with van der Waals surface area (Å²) in [5.74, 6) is 0.872. The third-order valence-electron chi connectivity index (χ3n) is 3.08. The van der Waals surface area contributed by atoms with E-state index in [2.05, 4.69) is 11.9 Å². The summed E-state index contributed by atoms with van der Waals surface area (Å²) in [4.78, 5) is 0. The topological polar surface area (TPSA) is 41.5 Å². The lowest BCUT2D eigenvalue weighted by Crippen LogP contribution is -2.21. The zero-order valence-electron chi connectivity index (χ0n) is 12.3. The third-order valence-corrected chi connectivity index (χ3v) is 3.08. The Balaban J connectivity index is 2.26. The van der Waals surface area contributed by atoms with Crippen LogP contribution in [0, 0.1) is 0 Å². The van der Waals surface area contributed by atoms with Crippen LogP contribution in [0.2, 0.25) is 0 Å². The highest BCUT2D eigenvalue weighted by Gasteiger charge is 2.03. The van der Waals surface area contributed by atoms with Crippen LogP contribution in [0.3, 0.4) is 0 Å². The maximum atomic E-state index is 9.56. The van der Waals surface area contributed by atoms with Gasteiger partial charge in [0.05, 0.1) is 12.8 Å². The number of phenolic OH excluding ortho intramolecular Hbond substituents is 1. The molecule has 0 aliphatic heterocycles. The molecule has 0 aliphatic carbocycles. The summed E-state index contributed by atoms with van der Waals surface area (Å²) in [5.41, 5.74) is 1.66. The molecule has 0 unspecified atom stereocenters. The van der Waals surface area contributed by atoms with E-state index >= 15 is 0 Å². The van der Waals surface area contributed by atoms with Gasteiger partial charge in [-0.1, -0.05) is 36.9 Å². The number of phenols is 1. The summed E-state index contributed by atoms with van der Waals surface area (Å²) in [6.07, 6.45) is 3.97. The van der Waals surface area contributed by atoms with Crippen LogP contribution in [0.25, 0.3) is 12.7 Å². The molecule has 0 aliphatic rings. The number of ether oxygens (including phenoxy) is 1. The summed E-state index contributed by atoms with van der Waals surface area (Å²) in [5, 5.41) is 14.8. The standard InChI is InChI=1S/C18H19NO2/c1-13-6-4-5-7-15(13)9-8-14(2)19-17-12-16(20)10-11-18(17)21-3/h4-12,19-20H,1H2,2-3H3/b14-8+,15-9-. The largest absolute Gasteiger partial charge is 0.508 e. The van der Waals surface area contributed by atoms with Gasteiger partial charge in [-0.15, -0.1) is 0 Å². The molecule has 0 saturated heterocycles. The zero-order chi connectivity index (χ0) is 15.2. The number of benzene rings is 2. The Hall–Kier alpha value is -2.68. The Bertz CT molecular complexity index is 763. The second-order valence-electron chi connectivity index (χ2n) is 4.72. The molecule has 3 nitrogen and oxygen atoms in total. The minimum atomic E-state index is 0.193. The molecule has 0 aromatic heterocycles. The van der Waals surface area contributed by atoms with Gasteiger partial charge in [0.2, 0.25) is 0 Å². The zero-order valence-corrected chi connectivity index (χ0v) is 12.3. The van der Waals surface area contributed by atoms with Crippen molar-refractivity contribution in [3.63, 3.8) is 0 Å². The Labute approximate surface area is 124 Å². The summed E-state index contributed by atoms with van der Waals surface area (Å²) in [6.45, 7) is 5.94. The van der Waals surface area contributed by atoms with Gasteiger partial charge in [0.1, 0.15) is 11.5 Å². The number of nitrogens with one attached hydrogen (secondary N) is 1. The molecule has 0 heterocycles. The van der Waals surface area contributed by atoms with Crippen LogP contribution in [0.4, 0.5) is 5.69 Å². The highest BCUT2D eigenvalue weighted by molar-refractivity contribution is 5.62. The fourth-order valence-electron chi connectivity index (χ4n) is 1.96. The Morgan fingerprint density at radius 2 is 2.00 bits per heavy atom. The molecule has 0 radical (unpaired) electrons. The van der Waals surface area contributed by atoms with E-state index in [9.17, 15) is 5.11 Å². The van der Waals surface area contributed by atoms with Crippen LogP contribution in [0.5, 0.6) is 11.5 Å². The first-order valence-electron chi connectivity index (χ1n) is 6.67. The van der Waals surface area contributed by atoms with Gasteiger partial charge in [0.25, 0.3) is 0 Å². The second kappa shape index (κ2) is 6.66. The number of anilines is 1. The van der Waals surface area contributed by atoms with E-state index in [0.29, 0.717) is 5.75 Å². The normalized spacial score (nSPS) is 12.3. The third kappa shape index (κ3) is 3.89. The van der Waals surface area contributed by atoms with E-state index in [0.717, 1.165) is 21.8 Å². The molecule has 3 heteroatoms. The lowest BCUT2D eigenvalue weighted by molar-refractivity contribution is 0.414. The Morgan fingerprint density at radius 1 is 1.24 bits per heavy atom. The maximum Gasteiger partial charge on any atom is 0.142 e. The predicted octanol–water partition coefficient (Wildman–Crippen LogP) is 2.61. The van der Waals surface area contributed by atoms with Crippen LogP contribution in [-0.4, -0.2) is 12.2 Å². The number of hydrogen-bond donors (Lipinski definition) is 2. The van der Waals surface area contributed by atoms with E-state index in [4.69, 9.17) is 4.74 Å². The molecule has 2 rings (SSSR count). The van der Waals surface area contributed by atoms with Crippen LogP contribution < -0.4 is 20.5 Å². The molecule has 108 valence electrons. The minimum absolute atomic E-state index is 0.193. The summed E-state index contributed by atoms with van der Waals surface area (Å²) in [6, 6.07) is 12.9. The van der Waals surface area contributed by atoms with Crippen molar-refractivity contribution in [2.24, 2.45) is 0 Å². The first-order chi connectivity index (χ1) is 10.1. The van der Waals surface area contributed by atoms with Crippen LogP contribution in [0.15, 0.2) is 54.2 Å². The van der Waals surface area contributed by atoms with Gasteiger partial charge < -0.3 is 15.2 Å². The molecule has 0 atom stereocenters. The maximum absolute atomic E-state index is 9.56. The molecule has 2 aromatic rings. The van der Waals surface area contributed by atoms with Crippen molar-refractivity contribution in [1.82, 2.24) is 0 Å². The highest BCUT2D eigenvalue weighted by Crippen LogP contribution is 2.29. The van der Waals surface area contributed by atoms with Crippen molar-refractivity contribution in [1.29, 1.82) is 0 Å². The molecule has 0 saturated carbocycles. The average Bonchev–Trinajstić information content (AvgIpc) is 2.47. The molecule has 21 heavy (non-hydrogen) atoms. The van der Waals surface area contributed by atoms with Gasteiger partial charge in [-0.25, -0.2) is 0 Å². The molecular weight excluding hydrogens is 262 g/mol. The van der Waals surface area contributed by atoms with Crippen molar-refractivity contribution in [2.75, 3.05) is 12.4 Å². The Morgan fingerprint density at radius 3 is 2.71 bits per heavy atom. The van der Waals surface area contributed by atoms with E-state index in [1.54, 1.807) is 25.3 Å². The van der Waals surface area contributed by atoms with Gasteiger partial charge in [-0.3, -0.25) is 0 Å². The fraction of sp³-hybridized carbons (Fsp3) is 0.111. The molecule has 0 spiro atoms. The smallest absolute Gasteiger partial charge is 0.142 e. The van der Waals surface area contributed by atoms with Gasteiger partial charge in [0, 0.05) is 11.8 Å². The van der Waals surface area contributed by atoms with Gasteiger partial charge in [0.15, 0.2) is 0 Å². The second-order valence-corrected chi connectivity index (χ2v) is 4.72. The van der Waals surface area contributed by atoms with Crippen molar-refractivity contribution in [3.05, 3.63) is 64.7 Å². The Kier molecular flexibility index (Phi) is 4.67. The van der Waals surface area contributed by atoms with Crippen molar-refractivity contribution in [3.8, 4) is 11.5 Å². The van der Waals surface area contributed by atoms with Crippen LogP contribution in [0.1, 0.15) is 6.92 Å². The SMILES string of the molecule is C=c1cccc/c1=C/C=C(\C)Nc1cc(O)ccc1OC. The first-order valence-corrected chi connectivity index (χ1v) is 6.67. The summed E-state index contributed by atoms with van der Waals surface area (Å²) >= 11 is 0. The first kappa shape index (κ1) is 14.7. The van der Waals surface area contributed by atoms with Crippen LogP contribution in [-0.2, 0) is 0 Å². The number of aromatic hydroxyl groups is 1. The molecule has 2 aromatic carbocycles. The molecule has 0 bridgehead atoms. The minimum Gasteiger partial charge on any atom is -0.508 e. The molecule has 0 fully saturated rings. The number of methoxy groups -OCH3 is 1. The van der Waals surface area contributed by atoms with Crippen molar-refractivity contribution in [2.45, 2.75) is 6.92 Å².